The third-order valence-corrected chi connectivity index (χ3v) is 4.16. The lowest BCUT2D eigenvalue weighted by molar-refractivity contribution is -0.114. The number of amides is 2. The van der Waals surface area contributed by atoms with Crippen LogP contribution in [0, 0.1) is 5.82 Å². The molecule has 26 heavy (non-hydrogen) atoms. The largest absolute Gasteiger partial charge is 0.497 e. The lowest BCUT2D eigenvalue weighted by Crippen LogP contribution is -2.18. The van der Waals surface area contributed by atoms with E-state index in [1.807, 2.05) is 0 Å². The van der Waals surface area contributed by atoms with Crippen molar-refractivity contribution in [2.45, 2.75) is 0 Å². The van der Waals surface area contributed by atoms with Crippen LogP contribution in [0.15, 0.2) is 42.5 Å². The number of nitrogens with one attached hydrogen (secondary N) is 2. The highest BCUT2D eigenvalue weighted by Crippen LogP contribution is 2.25. The topological polar surface area (TPSA) is 76.7 Å². The molecule has 2 amide bonds. The Hall–Kier alpha value is -2.74. The quantitative estimate of drug-likeness (QED) is 0.738. The Bertz CT molecular complexity index is 746. The van der Waals surface area contributed by atoms with Crippen LogP contribution in [0.1, 0.15) is 0 Å². The lowest BCUT2D eigenvalue weighted by atomic mass is 10.2. The second-order valence-corrected chi connectivity index (χ2v) is 6.18. The SMILES string of the molecule is COc1cc(NC(=O)CSCC(=O)Nc2ccc(F)cc2)cc(OC)c1. The Morgan fingerprint density at radius 2 is 1.38 bits per heavy atom. The van der Waals surface area contributed by atoms with Gasteiger partial charge in [0.15, 0.2) is 0 Å². The molecule has 0 unspecified atom stereocenters. The molecule has 0 saturated carbocycles. The summed E-state index contributed by atoms with van der Waals surface area (Å²) in [5, 5.41) is 5.36. The maximum Gasteiger partial charge on any atom is 0.234 e. The van der Waals surface area contributed by atoms with E-state index < -0.39 is 0 Å². The normalized spacial score (nSPS) is 10.1. The Morgan fingerprint density at radius 3 is 1.88 bits per heavy atom. The molecule has 0 heterocycles. The van der Waals surface area contributed by atoms with Gasteiger partial charge in [-0.3, -0.25) is 9.59 Å². The van der Waals surface area contributed by atoms with Gasteiger partial charge >= 0.3 is 0 Å². The van der Waals surface area contributed by atoms with Crippen LogP contribution in [0.25, 0.3) is 0 Å². The fraction of sp³-hybridized carbons (Fsp3) is 0.222. The summed E-state index contributed by atoms with van der Waals surface area (Å²) in [4.78, 5) is 23.8. The predicted octanol–water partition coefficient (Wildman–Crippen LogP) is 3.15. The molecule has 0 spiro atoms. The zero-order chi connectivity index (χ0) is 18.9. The van der Waals surface area contributed by atoms with E-state index in [1.54, 1.807) is 18.2 Å². The number of rotatable bonds is 8. The summed E-state index contributed by atoms with van der Waals surface area (Å²) in [6, 6.07) is 10.5. The Morgan fingerprint density at radius 1 is 0.885 bits per heavy atom. The summed E-state index contributed by atoms with van der Waals surface area (Å²) < 4.78 is 23.1. The van der Waals surface area contributed by atoms with Crippen molar-refractivity contribution < 1.29 is 23.5 Å². The first-order chi connectivity index (χ1) is 12.5. The second-order valence-electron chi connectivity index (χ2n) is 5.20. The highest BCUT2D eigenvalue weighted by atomic mass is 32.2. The average Bonchev–Trinajstić information content (AvgIpc) is 2.63. The van der Waals surface area contributed by atoms with E-state index in [1.165, 1.54) is 50.2 Å². The summed E-state index contributed by atoms with van der Waals surface area (Å²) in [5.41, 5.74) is 1.05. The number of carbonyl (C=O) groups excluding carboxylic acids is 2. The van der Waals surface area contributed by atoms with Crippen LogP contribution in [0.5, 0.6) is 11.5 Å². The van der Waals surface area contributed by atoms with Gasteiger partial charge in [-0.05, 0) is 24.3 Å². The molecule has 0 bridgehead atoms. The molecule has 8 heteroatoms. The van der Waals surface area contributed by atoms with Crippen LogP contribution < -0.4 is 20.1 Å². The molecule has 0 aromatic heterocycles. The van der Waals surface area contributed by atoms with Gasteiger partial charge in [-0.15, -0.1) is 11.8 Å². The number of benzene rings is 2. The number of ether oxygens (including phenoxy) is 2. The van der Waals surface area contributed by atoms with Crippen molar-refractivity contribution in [3.63, 3.8) is 0 Å². The minimum Gasteiger partial charge on any atom is -0.497 e. The summed E-state index contributed by atoms with van der Waals surface area (Å²) in [7, 11) is 3.05. The number of anilines is 2. The van der Waals surface area contributed by atoms with Gasteiger partial charge in [-0.25, -0.2) is 4.39 Å². The third kappa shape index (κ3) is 6.29. The molecule has 0 aliphatic rings. The van der Waals surface area contributed by atoms with Crippen LogP contribution in [0.3, 0.4) is 0 Å². The maximum absolute atomic E-state index is 12.8. The highest BCUT2D eigenvalue weighted by molar-refractivity contribution is 8.00. The minimum atomic E-state index is -0.372. The molecule has 2 aromatic rings. The molecule has 138 valence electrons. The van der Waals surface area contributed by atoms with Gasteiger partial charge in [-0.2, -0.15) is 0 Å². The molecule has 2 rings (SSSR count). The van der Waals surface area contributed by atoms with E-state index in [0.29, 0.717) is 22.9 Å². The Labute approximate surface area is 155 Å². The van der Waals surface area contributed by atoms with Gasteiger partial charge in [0.2, 0.25) is 11.8 Å². The smallest absolute Gasteiger partial charge is 0.234 e. The number of methoxy groups -OCH3 is 2. The van der Waals surface area contributed by atoms with Crippen molar-refractivity contribution in [3.05, 3.63) is 48.3 Å². The zero-order valence-corrected chi connectivity index (χ0v) is 15.2. The van der Waals surface area contributed by atoms with Crippen LogP contribution >= 0.6 is 11.8 Å². The molecular weight excluding hydrogens is 359 g/mol. The zero-order valence-electron chi connectivity index (χ0n) is 14.4. The first-order valence-electron chi connectivity index (χ1n) is 7.66. The van der Waals surface area contributed by atoms with Gasteiger partial charge in [0.05, 0.1) is 25.7 Å². The van der Waals surface area contributed by atoms with Crippen LogP contribution in [0.2, 0.25) is 0 Å². The molecule has 2 N–H and O–H groups in total. The average molecular weight is 378 g/mol. The second kappa shape index (κ2) is 9.67. The highest BCUT2D eigenvalue weighted by Gasteiger charge is 2.09. The fourth-order valence-corrected chi connectivity index (χ4v) is 2.66. The molecule has 0 radical (unpaired) electrons. The Kier molecular flexibility index (Phi) is 7.28. The van der Waals surface area contributed by atoms with Crippen LogP contribution in [-0.4, -0.2) is 37.5 Å². The number of carbonyl (C=O) groups is 2. The molecule has 0 fully saturated rings. The summed E-state index contributed by atoms with van der Waals surface area (Å²) in [6.07, 6.45) is 0. The van der Waals surface area contributed by atoms with Gasteiger partial charge in [0.25, 0.3) is 0 Å². The first kappa shape index (κ1) is 19.6. The molecule has 6 nitrogen and oxygen atoms in total. The number of hydrogen-bond acceptors (Lipinski definition) is 5. The Balaban J connectivity index is 1.78. The number of thioether (sulfide) groups is 1. The van der Waals surface area contributed by atoms with Crippen molar-refractivity contribution >= 4 is 35.0 Å². The minimum absolute atomic E-state index is 0.103. The van der Waals surface area contributed by atoms with Gasteiger partial charge in [0, 0.05) is 29.6 Å². The van der Waals surface area contributed by atoms with Crippen molar-refractivity contribution in [3.8, 4) is 11.5 Å². The monoisotopic (exact) mass is 378 g/mol. The first-order valence-corrected chi connectivity index (χ1v) is 8.81. The van der Waals surface area contributed by atoms with Gasteiger partial charge < -0.3 is 20.1 Å². The molecule has 0 aliphatic heterocycles. The fourth-order valence-electron chi connectivity index (χ4n) is 2.04. The van der Waals surface area contributed by atoms with Crippen LogP contribution in [0.4, 0.5) is 15.8 Å². The standard InChI is InChI=1S/C18H19FN2O4S/c1-24-15-7-14(8-16(9-15)25-2)21-18(23)11-26-10-17(22)20-13-5-3-12(19)4-6-13/h3-9H,10-11H2,1-2H3,(H,20,22)(H,21,23). The van der Waals surface area contributed by atoms with E-state index in [-0.39, 0.29) is 29.1 Å². The van der Waals surface area contributed by atoms with E-state index in [2.05, 4.69) is 10.6 Å². The summed E-state index contributed by atoms with van der Waals surface area (Å²) in [5.74, 6) is 0.445. The van der Waals surface area contributed by atoms with E-state index in [0.717, 1.165) is 0 Å². The van der Waals surface area contributed by atoms with Crippen molar-refractivity contribution in [2.24, 2.45) is 0 Å². The van der Waals surface area contributed by atoms with Crippen molar-refractivity contribution in [2.75, 3.05) is 36.4 Å². The van der Waals surface area contributed by atoms with E-state index in [9.17, 15) is 14.0 Å². The molecule has 0 atom stereocenters. The van der Waals surface area contributed by atoms with Crippen molar-refractivity contribution in [1.82, 2.24) is 0 Å². The lowest BCUT2D eigenvalue weighted by Gasteiger charge is -2.10. The van der Waals surface area contributed by atoms with Crippen molar-refractivity contribution in [1.29, 1.82) is 0 Å². The summed E-state index contributed by atoms with van der Waals surface area (Å²) >= 11 is 1.17. The number of hydrogen-bond donors (Lipinski definition) is 2. The van der Waals surface area contributed by atoms with Crippen LogP contribution in [-0.2, 0) is 9.59 Å². The molecule has 2 aromatic carbocycles. The van der Waals surface area contributed by atoms with E-state index >= 15 is 0 Å². The maximum atomic E-state index is 12.8. The summed E-state index contributed by atoms with van der Waals surface area (Å²) in [6.45, 7) is 0. The molecule has 0 saturated heterocycles. The molecule has 0 aliphatic carbocycles. The predicted molar refractivity (Wildman–Crippen MR) is 101 cm³/mol. The number of halogens is 1. The van der Waals surface area contributed by atoms with Gasteiger partial charge in [-0.1, -0.05) is 0 Å². The van der Waals surface area contributed by atoms with Gasteiger partial charge in [0.1, 0.15) is 17.3 Å². The molecular formula is C18H19FN2O4S. The third-order valence-electron chi connectivity index (χ3n) is 3.23. The van der Waals surface area contributed by atoms with E-state index in [4.69, 9.17) is 9.47 Å².